The molecule has 0 bridgehead atoms. The van der Waals surface area contributed by atoms with Gasteiger partial charge in [0, 0.05) is 5.56 Å². The Labute approximate surface area is 134 Å². The van der Waals surface area contributed by atoms with Gasteiger partial charge in [0.2, 0.25) is 0 Å². The molecule has 2 aromatic carbocycles. The van der Waals surface area contributed by atoms with E-state index in [0.29, 0.717) is 29.3 Å². The maximum Gasteiger partial charge on any atom is 0.265 e. The fourth-order valence-corrected chi connectivity index (χ4v) is 2.57. The van der Waals surface area contributed by atoms with E-state index in [1.54, 1.807) is 17.0 Å². The number of hydrogen-bond acceptors (Lipinski definition) is 4. The third-order valence-corrected chi connectivity index (χ3v) is 3.81. The lowest BCUT2D eigenvalue weighted by Crippen LogP contribution is -2.38. The summed E-state index contributed by atoms with van der Waals surface area (Å²) in [7, 11) is 1.51. The van der Waals surface area contributed by atoms with Gasteiger partial charge in [-0.2, -0.15) is 0 Å². The van der Waals surface area contributed by atoms with Crippen LogP contribution in [0.1, 0.15) is 21.5 Å². The van der Waals surface area contributed by atoms with Crippen molar-refractivity contribution in [1.29, 1.82) is 0 Å². The van der Waals surface area contributed by atoms with Gasteiger partial charge in [-0.05, 0) is 24.6 Å². The highest BCUT2D eigenvalue weighted by atomic mass is 16.5. The first kappa shape index (κ1) is 15.1. The van der Waals surface area contributed by atoms with Gasteiger partial charge in [-0.25, -0.2) is 0 Å². The minimum absolute atomic E-state index is 0.0460. The number of carbonyl (C=O) groups is 2. The van der Waals surface area contributed by atoms with Gasteiger partial charge in [0.25, 0.3) is 5.91 Å². The first-order valence-corrected chi connectivity index (χ1v) is 7.28. The molecule has 1 heterocycles. The number of anilines is 1. The zero-order valence-electron chi connectivity index (χ0n) is 13.0. The molecule has 0 aromatic heterocycles. The monoisotopic (exact) mass is 311 g/mol. The standard InChI is InChI=1S/C18H17NO4/c1-12-3-5-13(6-4-12)9-19-15-7-14(10-20)8-16(22-2)18(15)23-11-17(19)21/h3-8,10H,9,11H2,1-2H3. The van der Waals surface area contributed by atoms with Crippen LogP contribution >= 0.6 is 0 Å². The summed E-state index contributed by atoms with van der Waals surface area (Å²) >= 11 is 0. The number of hydrogen-bond donors (Lipinski definition) is 0. The van der Waals surface area contributed by atoms with Crippen molar-refractivity contribution in [3.05, 3.63) is 53.1 Å². The Morgan fingerprint density at radius 1 is 1.26 bits per heavy atom. The highest BCUT2D eigenvalue weighted by Crippen LogP contribution is 2.41. The molecule has 5 heteroatoms. The first-order valence-electron chi connectivity index (χ1n) is 7.28. The van der Waals surface area contributed by atoms with Gasteiger partial charge in [0.1, 0.15) is 6.29 Å². The smallest absolute Gasteiger partial charge is 0.265 e. The first-order chi connectivity index (χ1) is 11.1. The fraction of sp³-hybridized carbons (Fsp3) is 0.222. The van der Waals surface area contributed by atoms with Gasteiger partial charge >= 0.3 is 0 Å². The number of nitrogens with zero attached hydrogens (tertiary/aromatic N) is 1. The molecule has 0 saturated heterocycles. The third kappa shape index (κ3) is 2.90. The van der Waals surface area contributed by atoms with Crippen LogP contribution in [-0.4, -0.2) is 25.9 Å². The molecule has 0 N–H and O–H groups in total. The molecule has 1 amide bonds. The minimum Gasteiger partial charge on any atom is -0.493 e. The molecule has 3 rings (SSSR count). The van der Waals surface area contributed by atoms with Crippen molar-refractivity contribution in [2.45, 2.75) is 13.5 Å². The van der Waals surface area contributed by atoms with Crippen molar-refractivity contribution in [2.24, 2.45) is 0 Å². The van der Waals surface area contributed by atoms with E-state index in [1.165, 1.54) is 7.11 Å². The van der Waals surface area contributed by atoms with E-state index in [-0.39, 0.29) is 12.5 Å². The number of carbonyl (C=O) groups excluding carboxylic acids is 2. The Balaban J connectivity index is 2.03. The fourth-order valence-electron chi connectivity index (χ4n) is 2.57. The van der Waals surface area contributed by atoms with Gasteiger partial charge in [-0.1, -0.05) is 29.8 Å². The lowest BCUT2D eigenvalue weighted by atomic mass is 10.1. The molecule has 1 aliphatic rings. The van der Waals surface area contributed by atoms with Crippen LogP contribution in [0.3, 0.4) is 0 Å². The zero-order chi connectivity index (χ0) is 16.4. The number of aldehydes is 1. The van der Waals surface area contributed by atoms with Crippen LogP contribution in [0.25, 0.3) is 0 Å². The summed E-state index contributed by atoms with van der Waals surface area (Å²) in [4.78, 5) is 25.1. The van der Waals surface area contributed by atoms with E-state index in [1.807, 2.05) is 31.2 Å². The third-order valence-electron chi connectivity index (χ3n) is 3.81. The second-order valence-electron chi connectivity index (χ2n) is 5.44. The van der Waals surface area contributed by atoms with Crippen LogP contribution < -0.4 is 14.4 Å². The molecule has 0 unspecified atom stereocenters. The summed E-state index contributed by atoms with van der Waals surface area (Å²) < 4.78 is 10.8. The van der Waals surface area contributed by atoms with E-state index < -0.39 is 0 Å². The number of ether oxygens (including phenoxy) is 2. The Hall–Kier alpha value is -2.82. The van der Waals surface area contributed by atoms with Crippen LogP contribution in [0.4, 0.5) is 5.69 Å². The lowest BCUT2D eigenvalue weighted by Gasteiger charge is -2.30. The molecule has 5 nitrogen and oxygen atoms in total. The van der Waals surface area contributed by atoms with E-state index in [9.17, 15) is 9.59 Å². The van der Waals surface area contributed by atoms with Crippen molar-refractivity contribution >= 4 is 17.9 Å². The van der Waals surface area contributed by atoms with Crippen molar-refractivity contribution < 1.29 is 19.1 Å². The summed E-state index contributed by atoms with van der Waals surface area (Å²) in [6, 6.07) is 11.2. The average Bonchev–Trinajstić information content (AvgIpc) is 2.58. The van der Waals surface area contributed by atoms with E-state index in [2.05, 4.69) is 0 Å². The van der Waals surface area contributed by atoms with Crippen LogP contribution in [0.15, 0.2) is 36.4 Å². The largest absolute Gasteiger partial charge is 0.493 e. The molecule has 1 aliphatic heterocycles. The van der Waals surface area contributed by atoms with Crippen LogP contribution in [-0.2, 0) is 11.3 Å². The molecular formula is C18H17NO4. The van der Waals surface area contributed by atoms with Gasteiger partial charge in [-0.3, -0.25) is 9.59 Å². The number of aryl methyl sites for hydroxylation is 1. The predicted octanol–water partition coefficient (Wildman–Crippen LogP) is 2.74. The van der Waals surface area contributed by atoms with Crippen molar-refractivity contribution in [2.75, 3.05) is 18.6 Å². The van der Waals surface area contributed by atoms with Crippen LogP contribution in [0, 0.1) is 6.92 Å². The number of amides is 1. The Morgan fingerprint density at radius 2 is 2.00 bits per heavy atom. The van der Waals surface area contributed by atoms with Gasteiger partial charge < -0.3 is 14.4 Å². The molecule has 0 saturated carbocycles. The number of methoxy groups -OCH3 is 1. The van der Waals surface area contributed by atoms with Crippen LogP contribution in [0.2, 0.25) is 0 Å². The summed E-state index contributed by atoms with van der Waals surface area (Å²) in [6.07, 6.45) is 0.728. The molecule has 23 heavy (non-hydrogen) atoms. The molecule has 2 aromatic rings. The molecule has 0 spiro atoms. The van der Waals surface area contributed by atoms with Gasteiger partial charge in [-0.15, -0.1) is 0 Å². The number of benzene rings is 2. The van der Waals surface area contributed by atoms with Crippen LogP contribution in [0.5, 0.6) is 11.5 Å². The summed E-state index contributed by atoms with van der Waals surface area (Å²) in [5, 5.41) is 0. The number of fused-ring (bicyclic) bond motifs is 1. The van der Waals surface area contributed by atoms with E-state index in [0.717, 1.165) is 17.4 Å². The Kier molecular flexibility index (Phi) is 4.02. The Bertz CT molecular complexity index is 752. The minimum atomic E-state index is -0.150. The topological polar surface area (TPSA) is 55.8 Å². The highest BCUT2D eigenvalue weighted by molar-refractivity contribution is 5.99. The van der Waals surface area contributed by atoms with Crippen molar-refractivity contribution in [3.8, 4) is 11.5 Å². The zero-order valence-corrected chi connectivity index (χ0v) is 13.0. The SMILES string of the molecule is COc1cc(C=O)cc2c1OCC(=O)N2Cc1ccc(C)cc1. The summed E-state index contributed by atoms with van der Waals surface area (Å²) in [5.41, 5.74) is 3.16. The molecular weight excluding hydrogens is 294 g/mol. The van der Waals surface area contributed by atoms with Crippen molar-refractivity contribution in [1.82, 2.24) is 0 Å². The average molecular weight is 311 g/mol. The maximum absolute atomic E-state index is 12.3. The number of rotatable bonds is 4. The van der Waals surface area contributed by atoms with Gasteiger partial charge in [0.05, 0.1) is 19.3 Å². The Morgan fingerprint density at radius 3 is 2.65 bits per heavy atom. The molecule has 0 fully saturated rings. The second-order valence-corrected chi connectivity index (χ2v) is 5.44. The molecule has 0 atom stereocenters. The quantitative estimate of drug-likeness (QED) is 0.815. The van der Waals surface area contributed by atoms with Gasteiger partial charge in [0.15, 0.2) is 18.1 Å². The van der Waals surface area contributed by atoms with Crippen molar-refractivity contribution in [3.63, 3.8) is 0 Å². The predicted molar refractivity (Wildman–Crippen MR) is 86.2 cm³/mol. The second kappa shape index (κ2) is 6.12. The maximum atomic E-state index is 12.3. The molecule has 118 valence electrons. The molecule has 0 radical (unpaired) electrons. The summed E-state index contributed by atoms with van der Waals surface area (Å²) in [6.45, 7) is 2.39. The van der Waals surface area contributed by atoms with E-state index >= 15 is 0 Å². The summed E-state index contributed by atoms with van der Waals surface area (Å²) in [5.74, 6) is 0.791. The normalized spacial score (nSPS) is 13.3. The van der Waals surface area contributed by atoms with E-state index in [4.69, 9.17) is 9.47 Å². The molecule has 0 aliphatic carbocycles. The lowest BCUT2D eigenvalue weighted by molar-refractivity contribution is -0.121. The highest BCUT2D eigenvalue weighted by Gasteiger charge is 2.29.